The summed E-state index contributed by atoms with van der Waals surface area (Å²) in [4.78, 5) is 27.4. The summed E-state index contributed by atoms with van der Waals surface area (Å²) in [7, 11) is 0. The number of benzene rings is 2. The Morgan fingerprint density at radius 3 is 2.56 bits per heavy atom. The Balaban J connectivity index is 1.67. The van der Waals surface area contributed by atoms with Crippen LogP contribution in [0.15, 0.2) is 42.5 Å². The molecule has 1 saturated carbocycles. The van der Waals surface area contributed by atoms with Gasteiger partial charge in [-0.1, -0.05) is 60.3 Å². The largest absolute Gasteiger partial charge is 0.352 e. The van der Waals surface area contributed by atoms with E-state index < -0.39 is 11.9 Å². The molecule has 0 bridgehead atoms. The Kier molecular flexibility index (Phi) is 9.26. The lowest BCUT2D eigenvalue weighted by Crippen LogP contribution is -2.50. The van der Waals surface area contributed by atoms with E-state index in [9.17, 15) is 14.0 Å². The molecule has 8 heteroatoms. The first-order chi connectivity index (χ1) is 15.3. The Morgan fingerprint density at radius 1 is 1.16 bits per heavy atom. The SMILES string of the molecule is C[C@H](C(=O)NC1CCCC1)N(Cc1ccccc1F)C(=O)CSCc1ccc(Cl)cc1Cl. The van der Waals surface area contributed by atoms with Crippen molar-refractivity contribution in [3.63, 3.8) is 0 Å². The minimum Gasteiger partial charge on any atom is -0.352 e. The van der Waals surface area contributed by atoms with Gasteiger partial charge in [0.1, 0.15) is 11.9 Å². The number of carbonyl (C=O) groups is 2. The molecule has 0 saturated heterocycles. The van der Waals surface area contributed by atoms with Gasteiger partial charge in [-0.2, -0.15) is 0 Å². The first kappa shape index (κ1) is 24.9. The summed E-state index contributed by atoms with van der Waals surface area (Å²) in [5.74, 6) is -0.147. The van der Waals surface area contributed by atoms with E-state index in [4.69, 9.17) is 23.2 Å². The molecule has 0 aromatic heterocycles. The topological polar surface area (TPSA) is 49.4 Å². The first-order valence-corrected chi connectivity index (χ1v) is 12.6. The molecule has 2 aromatic carbocycles. The van der Waals surface area contributed by atoms with Crippen LogP contribution in [0.5, 0.6) is 0 Å². The van der Waals surface area contributed by atoms with Crippen LogP contribution in [-0.4, -0.2) is 34.6 Å². The van der Waals surface area contributed by atoms with Crippen molar-refractivity contribution in [3.05, 3.63) is 69.5 Å². The molecule has 1 aliphatic rings. The summed E-state index contributed by atoms with van der Waals surface area (Å²) >= 11 is 13.6. The molecule has 3 rings (SSSR count). The Morgan fingerprint density at radius 2 is 1.88 bits per heavy atom. The third-order valence-corrected chi connectivity index (χ3v) is 7.22. The van der Waals surface area contributed by atoms with Crippen LogP contribution in [0, 0.1) is 5.82 Å². The van der Waals surface area contributed by atoms with Crippen LogP contribution in [0.25, 0.3) is 0 Å². The van der Waals surface area contributed by atoms with Crippen LogP contribution >= 0.6 is 35.0 Å². The second kappa shape index (κ2) is 11.9. The monoisotopic (exact) mass is 496 g/mol. The fraction of sp³-hybridized carbons (Fsp3) is 0.417. The maximum absolute atomic E-state index is 14.3. The number of nitrogens with zero attached hydrogens (tertiary/aromatic N) is 1. The van der Waals surface area contributed by atoms with Crippen LogP contribution in [0.1, 0.15) is 43.7 Å². The predicted molar refractivity (Wildman–Crippen MR) is 129 cm³/mol. The molecule has 2 aromatic rings. The highest BCUT2D eigenvalue weighted by molar-refractivity contribution is 7.99. The molecule has 0 unspecified atom stereocenters. The number of nitrogens with one attached hydrogen (secondary N) is 1. The summed E-state index contributed by atoms with van der Waals surface area (Å²) < 4.78 is 14.3. The van der Waals surface area contributed by atoms with Crippen molar-refractivity contribution >= 4 is 46.8 Å². The van der Waals surface area contributed by atoms with Gasteiger partial charge in [0.05, 0.1) is 5.75 Å². The minimum absolute atomic E-state index is 0.0347. The smallest absolute Gasteiger partial charge is 0.242 e. The molecule has 2 amide bonds. The molecule has 172 valence electrons. The van der Waals surface area contributed by atoms with Crippen molar-refractivity contribution in [2.75, 3.05) is 5.75 Å². The highest BCUT2D eigenvalue weighted by Crippen LogP contribution is 2.25. The quantitative estimate of drug-likeness (QED) is 0.474. The molecule has 1 atom stereocenters. The molecular weight excluding hydrogens is 470 g/mol. The van der Waals surface area contributed by atoms with Gasteiger partial charge in [-0.3, -0.25) is 9.59 Å². The van der Waals surface area contributed by atoms with Gasteiger partial charge in [0.2, 0.25) is 11.8 Å². The molecule has 32 heavy (non-hydrogen) atoms. The number of hydrogen-bond donors (Lipinski definition) is 1. The van der Waals surface area contributed by atoms with Crippen molar-refractivity contribution in [1.29, 1.82) is 0 Å². The van der Waals surface area contributed by atoms with Crippen LogP contribution < -0.4 is 5.32 Å². The van der Waals surface area contributed by atoms with Gasteiger partial charge < -0.3 is 10.2 Å². The Labute approximate surface area is 202 Å². The summed E-state index contributed by atoms with van der Waals surface area (Å²) in [6, 6.07) is 11.0. The second-order valence-electron chi connectivity index (χ2n) is 8.01. The van der Waals surface area contributed by atoms with Crippen molar-refractivity contribution in [2.24, 2.45) is 0 Å². The lowest BCUT2D eigenvalue weighted by atomic mass is 10.1. The zero-order valence-electron chi connectivity index (χ0n) is 18.0. The molecular formula is C24H27Cl2FN2O2S. The lowest BCUT2D eigenvalue weighted by molar-refractivity contribution is -0.139. The van der Waals surface area contributed by atoms with E-state index in [0.29, 0.717) is 21.4 Å². The maximum atomic E-state index is 14.3. The number of rotatable bonds is 9. The van der Waals surface area contributed by atoms with Crippen molar-refractivity contribution in [1.82, 2.24) is 10.2 Å². The van der Waals surface area contributed by atoms with E-state index in [1.807, 2.05) is 6.07 Å². The van der Waals surface area contributed by atoms with Crippen molar-refractivity contribution < 1.29 is 14.0 Å². The number of hydrogen-bond acceptors (Lipinski definition) is 3. The number of amides is 2. The molecule has 1 aliphatic carbocycles. The normalized spacial score (nSPS) is 14.9. The van der Waals surface area contributed by atoms with Crippen LogP contribution in [0.4, 0.5) is 4.39 Å². The summed E-state index contributed by atoms with van der Waals surface area (Å²) in [5.41, 5.74) is 1.26. The van der Waals surface area contributed by atoms with E-state index >= 15 is 0 Å². The lowest BCUT2D eigenvalue weighted by Gasteiger charge is -2.30. The van der Waals surface area contributed by atoms with E-state index in [1.165, 1.54) is 22.7 Å². The van der Waals surface area contributed by atoms with E-state index in [1.54, 1.807) is 37.3 Å². The molecule has 4 nitrogen and oxygen atoms in total. The minimum atomic E-state index is -0.706. The van der Waals surface area contributed by atoms with E-state index in [0.717, 1.165) is 31.2 Å². The third kappa shape index (κ3) is 6.87. The van der Waals surface area contributed by atoms with Crippen molar-refractivity contribution in [3.8, 4) is 0 Å². The van der Waals surface area contributed by atoms with Gasteiger partial charge in [0.15, 0.2) is 0 Å². The Hall–Kier alpha value is -1.76. The van der Waals surface area contributed by atoms with E-state index in [2.05, 4.69) is 5.32 Å². The third-order valence-electron chi connectivity index (χ3n) is 5.67. The van der Waals surface area contributed by atoms with Gasteiger partial charge >= 0.3 is 0 Å². The van der Waals surface area contributed by atoms with Crippen LogP contribution in [-0.2, 0) is 21.9 Å². The number of halogens is 3. The summed E-state index contributed by atoms with van der Waals surface area (Å²) in [6.07, 6.45) is 4.11. The standard InChI is InChI=1S/C24H27Cl2FN2O2S/c1-16(24(31)28-20-7-3-4-8-20)29(13-17-6-2-5-9-22(17)27)23(30)15-32-14-18-10-11-19(25)12-21(18)26/h2,5-6,9-12,16,20H,3-4,7-8,13-15H2,1H3,(H,28,31)/t16-/m1/s1. The molecule has 1 fully saturated rings. The van der Waals surface area contributed by atoms with Gasteiger partial charge in [-0.25, -0.2) is 4.39 Å². The fourth-order valence-electron chi connectivity index (χ4n) is 3.75. The van der Waals surface area contributed by atoms with Crippen LogP contribution in [0.3, 0.4) is 0 Å². The number of carbonyl (C=O) groups excluding carboxylic acids is 2. The van der Waals surface area contributed by atoms with Gasteiger partial charge in [-0.15, -0.1) is 11.8 Å². The highest BCUT2D eigenvalue weighted by Gasteiger charge is 2.29. The van der Waals surface area contributed by atoms with Gasteiger partial charge in [0.25, 0.3) is 0 Å². The Bertz CT molecular complexity index is 953. The second-order valence-corrected chi connectivity index (χ2v) is 9.84. The zero-order valence-corrected chi connectivity index (χ0v) is 20.3. The van der Waals surface area contributed by atoms with Crippen molar-refractivity contribution in [2.45, 2.75) is 57.0 Å². The average molecular weight is 497 g/mol. The molecule has 0 radical (unpaired) electrons. The maximum Gasteiger partial charge on any atom is 0.242 e. The van der Waals surface area contributed by atoms with Gasteiger partial charge in [-0.05, 0) is 43.5 Å². The summed E-state index contributed by atoms with van der Waals surface area (Å²) in [5, 5.41) is 4.15. The van der Waals surface area contributed by atoms with Gasteiger partial charge in [0, 0.05) is 33.9 Å². The van der Waals surface area contributed by atoms with Crippen LogP contribution in [0.2, 0.25) is 10.0 Å². The first-order valence-electron chi connectivity index (χ1n) is 10.7. The zero-order chi connectivity index (χ0) is 23.1. The fourth-order valence-corrected chi connectivity index (χ4v) is 5.22. The predicted octanol–water partition coefficient (Wildman–Crippen LogP) is 5.84. The highest BCUT2D eigenvalue weighted by atomic mass is 35.5. The molecule has 0 spiro atoms. The molecule has 1 N–H and O–H groups in total. The summed E-state index contributed by atoms with van der Waals surface area (Å²) in [6.45, 7) is 1.73. The molecule has 0 aliphatic heterocycles. The van der Waals surface area contributed by atoms with E-state index in [-0.39, 0.29) is 30.2 Å². The molecule has 0 heterocycles. The number of thioether (sulfide) groups is 1. The average Bonchev–Trinajstić information content (AvgIpc) is 3.27.